The average Bonchev–Trinajstić information content (AvgIpc) is 2.27. The number of hydrogen-bond acceptors (Lipinski definition) is 3. The first-order valence-corrected chi connectivity index (χ1v) is 5.15. The number of benzene rings is 1. The standard InChI is InChI=1S/C12H16O3/c1-2-5-10-6-3-4-7-11(10)12(14)15-9-8-13/h3-4,6-7,13H,2,5,8-9H2,1H3. The van der Waals surface area contributed by atoms with Gasteiger partial charge in [-0.3, -0.25) is 0 Å². The van der Waals surface area contributed by atoms with Crippen LogP contribution in [0.25, 0.3) is 0 Å². The van der Waals surface area contributed by atoms with Crippen LogP contribution in [0.1, 0.15) is 29.3 Å². The molecule has 1 aromatic carbocycles. The monoisotopic (exact) mass is 208 g/mol. The van der Waals surface area contributed by atoms with E-state index in [9.17, 15) is 4.79 Å². The third-order valence-corrected chi connectivity index (χ3v) is 2.08. The number of aliphatic hydroxyl groups is 1. The molecule has 0 amide bonds. The van der Waals surface area contributed by atoms with Crippen LogP contribution in [0.2, 0.25) is 0 Å². The second-order valence-corrected chi connectivity index (χ2v) is 3.27. The number of hydrogen-bond donors (Lipinski definition) is 1. The molecule has 0 aliphatic heterocycles. The first kappa shape index (κ1) is 11.7. The fourth-order valence-corrected chi connectivity index (χ4v) is 1.42. The molecule has 0 heterocycles. The molecule has 15 heavy (non-hydrogen) atoms. The van der Waals surface area contributed by atoms with Crippen molar-refractivity contribution in [2.24, 2.45) is 0 Å². The van der Waals surface area contributed by atoms with Gasteiger partial charge in [-0.05, 0) is 18.1 Å². The Morgan fingerprint density at radius 3 is 2.80 bits per heavy atom. The molecular weight excluding hydrogens is 192 g/mol. The van der Waals surface area contributed by atoms with E-state index in [-0.39, 0.29) is 19.2 Å². The van der Waals surface area contributed by atoms with Crippen molar-refractivity contribution in [3.63, 3.8) is 0 Å². The lowest BCUT2D eigenvalue weighted by Gasteiger charge is -2.07. The Balaban J connectivity index is 2.77. The highest BCUT2D eigenvalue weighted by Gasteiger charge is 2.10. The van der Waals surface area contributed by atoms with Gasteiger partial charge in [-0.1, -0.05) is 31.5 Å². The molecular formula is C12H16O3. The average molecular weight is 208 g/mol. The van der Waals surface area contributed by atoms with Crippen LogP contribution in [-0.4, -0.2) is 24.3 Å². The fraction of sp³-hybridized carbons (Fsp3) is 0.417. The van der Waals surface area contributed by atoms with E-state index < -0.39 is 0 Å². The van der Waals surface area contributed by atoms with Crippen LogP contribution >= 0.6 is 0 Å². The minimum Gasteiger partial charge on any atom is -0.460 e. The van der Waals surface area contributed by atoms with Crippen LogP contribution in [0.3, 0.4) is 0 Å². The van der Waals surface area contributed by atoms with Crippen molar-refractivity contribution >= 4 is 5.97 Å². The molecule has 0 aliphatic carbocycles. The van der Waals surface area contributed by atoms with E-state index in [0.717, 1.165) is 18.4 Å². The number of ether oxygens (including phenoxy) is 1. The summed E-state index contributed by atoms with van der Waals surface area (Å²) in [6.07, 6.45) is 1.86. The summed E-state index contributed by atoms with van der Waals surface area (Å²) in [4.78, 5) is 11.6. The summed E-state index contributed by atoms with van der Waals surface area (Å²) in [6.45, 7) is 1.98. The predicted octanol–water partition coefficient (Wildman–Crippen LogP) is 1.79. The maximum Gasteiger partial charge on any atom is 0.338 e. The molecule has 0 aromatic heterocycles. The minimum atomic E-state index is -0.354. The van der Waals surface area contributed by atoms with Gasteiger partial charge in [0.05, 0.1) is 12.2 Å². The maximum absolute atomic E-state index is 11.6. The molecule has 0 bridgehead atoms. The first-order valence-electron chi connectivity index (χ1n) is 5.15. The van der Waals surface area contributed by atoms with Crippen LogP contribution in [0.4, 0.5) is 0 Å². The molecule has 1 aromatic rings. The van der Waals surface area contributed by atoms with Crippen LogP contribution in [0.5, 0.6) is 0 Å². The number of aliphatic hydroxyl groups excluding tert-OH is 1. The van der Waals surface area contributed by atoms with Crippen LogP contribution in [0.15, 0.2) is 24.3 Å². The highest BCUT2D eigenvalue weighted by Crippen LogP contribution is 2.12. The maximum atomic E-state index is 11.6. The summed E-state index contributed by atoms with van der Waals surface area (Å²) in [5.41, 5.74) is 1.61. The van der Waals surface area contributed by atoms with Gasteiger partial charge in [0.25, 0.3) is 0 Å². The highest BCUT2D eigenvalue weighted by molar-refractivity contribution is 5.91. The van der Waals surface area contributed by atoms with Gasteiger partial charge in [-0.25, -0.2) is 4.79 Å². The van der Waals surface area contributed by atoms with Gasteiger partial charge in [-0.15, -0.1) is 0 Å². The molecule has 82 valence electrons. The Hall–Kier alpha value is -1.35. The van der Waals surface area contributed by atoms with Crippen LogP contribution in [0, 0.1) is 0 Å². The number of carbonyl (C=O) groups is 1. The van der Waals surface area contributed by atoms with E-state index in [0.29, 0.717) is 5.56 Å². The molecule has 0 spiro atoms. The normalized spacial score (nSPS) is 10.0. The Bertz CT molecular complexity index is 320. The minimum absolute atomic E-state index is 0.0549. The zero-order valence-corrected chi connectivity index (χ0v) is 8.90. The molecule has 0 saturated heterocycles. The molecule has 3 nitrogen and oxygen atoms in total. The van der Waals surface area contributed by atoms with Crippen LogP contribution < -0.4 is 0 Å². The summed E-state index contributed by atoms with van der Waals surface area (Å²) in [6, 6.07) is 7.41. The third kappa shape index (κ3) is 3.36. The number of carbonyl (C=O) groups excluding carboxylic acids is 1. The van der Waals surface area contributed by atoms with Gasteiger partial charge in [0, 0.05) is 0 Å². The Morgan fingerprint density at radius 1 is 1.40 bits per heavy atom. The number of rotatable bonds is 5. The lowest BCUT2D eigenvalue weighted by molar-refractivity contribution is 0.0432. The Kier molecular flexibility index (Phi) is 4.84. The molecule has 3 heteroatoms. The predicted molar refractivity (Wildman–Crippen MR) is 57.8 cm³/mol. The van der Waals surface area contributed by atoms with Gasteiger partial charge in [0.2, 0.25) is 0 Å². The zero-order valence-electron chi connectivity index (χ0n) is 8.90. The Labute approximate surface area is 89.7 Å². The van der Waals surface area contributed by atoms with Crippen molar-refractivity contribution in [1.29, 1.82) is 0 Å². The topological polar surface area (TPSA) is 46.5 Å². The summed E-state index contributed by atoms with van der Waals surface area (Å²) >= 11 is 0. The van der Waals surface area contributed by atoms with E-state index in [1.807, 2.05) is 18.2 Å². The molecule has 0 atom stereocenters. The van der Waals surface area contributed by atoms with E-state index in [2.05, 4.69) is 6.92 Å². The van der Waals surface area contributed by atoms with Crippen molar-refractivity contribution in [3.8, 4) is 0 Å². The van der Waals surface area contributed by atoms with Crippen molar-refractivity contribution in [2.75, 3.05) is 13.2 Å². The largest absolute Gasteiger partial charge is 0.460 e. The summed E-state index contributed by atoms with van der Waals surface area (Å²) in [5.74, 6) is -0.354. The highest BCUT2D eigenvalue weighted by atomic mass is 16.5. The van der Waals surface area contributed by atoms with Gasteiger partial charge in [-0.2, -0.15) is 0 Å². The second-order valence-electron chi connectivity index (χ2n) is 3.27. The zero-order chi connectivity index (χ0) is 11.1. The smallest absolute Gasteiger partial charge is 0.338 e. The van der Waals surface area contributed by atoms with Crippen molar-refractivity contribution in [2.45, 2.75) is 19.8 Å². The van der Waals surface area contributed by atoms with E-state index in [1.54, 1.807) is 6.07 Å². The molecule has 0 aliphatic rings. The van der Waals surface area contributed by atoms with Gasteiger partial charge in [0.15, 0.2) is 0 Å². The van der Waals surface area contributed by atoms with E-state index in [1.165, 1.54) is 0 Å². The first-order chi connectivity index (χ1) is 7.29. The summed E-state index contributed by atoms with van der Waals surface area (Å²) in [5, 5.41) is 8.56. The SMILES string of the molecule is CCCc1ccccc1C(=O)OCCO. The summed E-state index contributed by atoms with van der Waals surface area (Å²) < 4.78 is 4.88. The quantitative estimate of drug-likeness (QED) is 0.750. The third-order valence-electron chi connectivity index (χ3n) is 2.08. The van der Waals surface area contributed by atoms with Crippen molar-refractivity contribution in [1.82, 2.24) is 0 Å². The lowest BCUT2D eigenvalue weighted by Crippen LogP contribution is -2.11. The molecule has 1 N–H and O–H groups in total. The van der Waals surface area contributed by atoms with Gasteiger partial charge < -0.3 is 9.84 Å². The second kappa shape index (κ2) is 6.19. The van der Waals surface area contributed by atoms with Crippen LogP contribution in [-0.2, 0) is 11.2 Å². The number of esters is 1. The lowest BCUT2D eigenvalue weighted by atomic mass is 10.0. The molecule has 1 rings (SSSR count). The van der Waals surface area contributed by atoms with Crippen molar-refractivity contribution in [3.05, 3.63) is 35.4 Å². The van der Waals surface area contributed by atoms with Gasteiger partial charge in [0.1, 0.15) is 6.61 Å². The molecule has 0 unspecified atom stereocenters. The van der Waals surface area contributed by atoms with E-state index >= 15 is 0 Å². The molecule has 0 fully saturated rings. The fourth-order valence-electron chi connectivity index (χ4n) is 1.42. The molecule has 0 saturated carbocycles. The van der Waals surface area contributed by atoms with Gasteiger partial charge >= 0.3 is 5.97 Å². The Morgan fingerprint density at radius 2 is 2.13 bits per heavy atom. The molecule has 0 radical (unpaired) electrons. The summed E-state index contributed by atoms with van der Waals surface area (Å²) in [7, 11) is 0. The number of aryl methyl sites for hydroxylation is 1. The van der Waals surface area contributed by atoms with E-state index in [4.69, 9.17) is 9.84 Å². The van der Waals surface area contributed by atoms with Crippen molar-refractivity contribution < 1.29 is 14.6 Å².